The van der Waals surface area contributed by atoms with Crippen LogP contribution in [0.3, 0.4) is 0 Å². The Morgan fingerprint density at radius 3 is 2.94 bits per heavy atom. The summed E-state index contributed by atoms with van der Waals surface area (Å²) in [5.74, 6) is 0.649. The summed E-state index contributed by atoms with van der Waals surface area (Å²) in [4.78, 5) is 12.3. The molecule has 0 heterocycles. The largest absolute Gasteiger partial charge is 0.469 e. The van der Waals surface area contributed by atoms with E-state index in [1.807, 2.05) is 24.3 Å². The van der Waals surface area contributed by atoms with E-state index in [0.717, 1.165) is 22.6 Å². The van der Waals surface area contributed by atoms with Crippen LogP contribution in [0.25, 0.3) is 0 Å². The number of carbonyl (C=O) groups excluding carboxylic acids is 1. The molecule has 0 spiro atoms. The van der Waals surface area contributed by atoms with Crippen LogP contribution >= 0.6 is 11.8 Å². The highest BCUT2D eigenvalue weighted by atomic mass is 32.2. The van der Waals surface area contributed by atoms with Crippen molar-refractivity contribution in [3.8, 4) is 0 Å². The van der Waals surface area contributed by atoms with Crippen LogP contribution in [-0.2, 0) is 16.0 Å². The molecule has 0 aliphatic rings. The number of esters is 1. The highest BCUT2D eigenvalue weighted by Gasteiger charge is 2.04. The topological polar surface area (TPSA) is 46.5 Å². The number of methoxy groups -OCH3 is 1. The van der Waals surface area contributed by atoms with E-state index in [0.29, 0.717) is 6.42 Å². The third-order valence-corrected chi connectivity index (χ3v) is 3.31. The van der Waals surface area contributed by atoms with Gasteiger partial charge in [0.15, 0.2) is 0 Å². The Morgan fingerprint density at radius 2 is 2.29 bits per heavy atom. The fraction of sp³-hybridized carbons (Fsp3) is 0.462. The molecular formula is C13H18O3S. The molecule has 1 atom stereocenters. The Morgan fingerprint density at radius 1 is 1.53 bits per heavy atom. The van der Waals surface area contributed by atoms with Gasteiger partial charge in [0.2, 0.25) is 0 Å². The smallest absolute Gasteiger partial charge is 0.309 e. The SMILES string of the molecule is COC(=O)Cc1cccc(SCC[C@@H](C)O)c1. The summed E-state index contributed by atoms with van der Waals surface area (Å²) in [6.07, 6.45) is 0.813. The van der Waals surface area contributed by atoms with Crippen LogP contribution in [0.5, 0.6) is 0 Å². The predicted molar refractivity (Wildman–Crippen MR) is 69.2 cm³/mol. The number of aliphatic hydroxyl groups excluding tert-OH is 1. The molecule has 0 saturated carbocycles. The van der Waals surface area contributed by atoms with Crippen molar-refractivity contribution < 1.29 is 14.6 Å². The lowest BCUT2D eigenvalue weighted by molar-refractivity contribution is -0.139. The van der Waals surface area contributed by atoms with Gasteiger partial charge in [0.1, 0.15) is 0 Å². The molecule has 1 rings (SSSR count). The molecular weight excluding hydrogens is 236 g/mol. The number of hydrogen-bond acceptors (Lipinski definition) is 4. The summed E-state index contributed by atoms with van der Waals surface area (Å²) in [5, 5.41) is 9.16. The van der Waals surface area contributed by atoms with Crippen molar-refractivity contribution in [2.45, 2.75) is 30.8 Å². The molecule has 1 aromatic carbocycles. The summed E-state index contributed by atoms with van der Waals surface area (Å²) in [6, 6.07) is 7.84. The summed E-state index contributed by atoms with van der Waals surface area (Å²) in [7, 11) is 1.39. The van der Waals surface area contributed by atoms with E-state index in [-0.39, 0.29) is 12.1 Å². The highest BCUT2D eigenvalue weighted by molar-refractivity contribution is 7.99. The Labute approximate surface area is 106 Å². The summed E-state index contributed by atoms with van der Waals surface area (Å²) >= 11 is 1.69. The molecule has 0 aromatic heterocycles. The van der Waals surface area contributed by atoms with Gasteiger partial charge in [-0.05, 0) is 31.0 Å². The molecule has 4 heteroatoms. The lowest BCUT2D eigenvalue weighted by atomic mass is 10.1. The molecule has 0 unspecified atom stereocenters. The van der Waals surface area contributed by atoms with Crippen LogP contribution in [0.2, 0.25) is 0 Å². The predicted octanol–water partition coefficient (Wildman–Crippen LogP) is 2.27. The fourth-order valence-corrected chi connectivity index (χ4v) is 2.44. The standard InChI is InChI=1S/C13H18O3S/c1-10(14)6-7-17-12-5-3-4-11(8-12)9-13(15)16-2/h3-5,8,10,14H,6-7,9H2,1-2H3/t10-/m1/s1. The first-order valence-corrected chi connectivity index (χ1v) is 6.57. The second kappa shape index (κ2) is 7.35. The van der Waals surface area contributed by atoms with E-state index in [1.54, 1.807) is 18.7 Å². The molecule has 0 fully saturated rings. The normalized spacial score (nSPS) is 12.2. The molecule has 1 aromatic rings. The maximum absolute atomic E-state index is 11.1. The van der Waals surface area contributed by atoms with Gasteiger partial charge in [0.05, 0.1) is 19.6 Å². The third kappa shape index (κ3) is 5.75. The molecule has 0 radical (unpaired) electrons. The molecule has 0 aliphatic carbocycles. The van der Waals surface area contributed by atoms with Crippen molar-refractivity contribution in [1.82, 2.24) is 0 Å². The number of benzene rings is 1. The minimum atomic E-state index is -0.263. The van der Waals surface area contributed by atoms with Crippen LogP contribution in [-0.4, -0.2) is 30.0 Å². The lowest BCUT2D eigenvalue weighted by Gasteiger charge is -2.06. The first-order valence-electron chi connectivity index (χ1n) is 5.58. The molecule has 94 valence electrons. The van der Waals surface area contributed by atoms with E-state index >= 15 is 0 Å². The maximum atomic E-state index is 11.1. The van der Waals surface area contributed by atoms with Crippen LogP contribution < -0.4 is 0 Å². The Bertz CT molecular complexity index is 363. The number of rotatable bonds is 6. The molecule has 0 aliphatic heterocycles. The van der Waals surface area contributed by atoms with Crippen molar-refractivity contribution in [3.05, 3.63) is 29.8 Å². The minimum absolute atomic E-state index is 0.226. The minimum Gasteiger partial charge on any atom is -0.469 e. The second-order valence-electron chi connectivity index (χ2n) is 3.89. The van der Waals surface area contributed by atoms with Gasteiger partial charge in [0, 0.05) is 10.6 Å². The van der Waals surface area contributed by atoms with Crippen molar-refractivity contribution in [2.75, 3.05) is 12.9 Å². The van der Waals surface area contributed by atoms with E-state index in [9.17, 15) is 4.79 Å². The van der Waals surface area contributed by atoms with Crippen molar-refractivity contribution >= 4 is 17.7 Å². The van der Waals surface area contributed by atoms with Gasteiger partial charge in [-0.1, -0.05) is 12.1 Å². The summed E-state index contributed by atoms with van der Waals surface area (Å²) in [6.45, 7) is 1.79. The molecule has 1 N–H and O–H groups in total. The Kier molecular flexibility index (Phi) is 6.08. The zero-order valence-electron chi connectivity index (χ0n) is 10.2. The van der Waals surface area contributed by atoms with Crippen LogP contribution in [0, 0.1) is 0 Å². The number of aliphatic hydroxyl groups is 1. The number of hydrogen-bond donors (Lipinski definition) is 1. The second-order valence-corrected chi connectivity index (χ2v) is 5.05. The molecule has 0 saturated heterocycles. The molecule has 0 amide bonds. The molecule has 3 nitrogen and oxygen atoms in total. The maximum Gasteiger partial charge on any atom is 0.309 e. The average Bonchev–Trinajstić information content (AvgIpc) is 2.29. The highest BCUT2D eigenvalue weighted by Crippen LogP contribution is 2.20. The van der Waals surface area contributed by atoms with E-state index < -0.39 is 0 Å². The van der Waals surface area contributed by atoms with Gasteiger partial charge >= 0.3 is 5.97 Å². The summed E-state index contributed by atoms with van der Waals surface area (Å²) < 4.78 is 4.63. The molecule has 0 bridgehead atoms. The van der Waals surface area contributed by atoms with Crippen LogP contribution in [0.4, 0.5) is 0 Å². The van der Waals surface area contributed by atoms with Crippen LogP contribution in [0.15, 0.2) is 29.2 Å². The first kappa shape index (κ1) is 14.1. The Hall–Kier alpha value is -1.00. The average molecular weight is 254 g/mol. The number of carbonyl (C=O) groups is 1. The third-order valence-electron chi connectivity index (χ3n) is 2.28. The van der Waals surface area contributed by atoms with E-state index in [1.165, 1.54) is 7.11 Å². The van der Waals surface area contributed by atoms with Gasteiger partial charge in [0.25, 0.3) is 0 Å². The van der Waals surface area contributed by atoms with E-state index in [4.69, 9.17) is 5.11 Å². The number of thioether (sulfide) groups is 1. The van der Waals surface area contributed by atoms with Crippen molar-refractivity contribution in [3.63, 3.8) is 0 Å². The van der Waals surface area contributed by atoms with Crippen molar-refractivity contribution in [1.29, 1.82) is 0 Å². The summed E-state index contributed by atoms with van der Waals surface area (Å²) in [5.41, 5.74) is 0.957. The number of ether oxygens (including phenoxy) is 1. The molecule has 17 heavy (non-hydrogen) atoms. The van der Waals surface area contributed by atoms with Gasteiger partial charge in [-0.15, -0.1) is 11.8 Å². The lowest BCUT2D eigenvalue weighted by Crippen LogP contribution is -2.04. The monoisotopic (exact) mass is 254 g/mol. The zero-order chi connectivity index (χ0) is 12.7. The zero-order valence-corrected chi connectivity index (χ0v) is 11.0. The van der Waals surface area contributed by atoms with Crippen molar-refractivity contribution in [2.24, 2.45) is 0 Å². The Balaban J connectivity index is 2.50. The van der Waals surface area contributed by atoms with Gasteiger partial charge in [-0.25, -0.2) is 0 Å². The van der Waals surface area contributed by atoms with Gasteiger partial charge < -0.3 is 9.84 Å². The van der Waals surface area contributed by atoms with E-state index in [2.05, 4.69) is 4.74 Å². The quantitative estimate of drug-likeness (QED) is 0.625. The van der Waals surface area contributed by atoms with Gasteiger partial charge in [-0.3, -0.25) is 4.79 Å². The van der Waals surface area contributed by atoms with Crippen LogP contribution in [0.1, 0.15) is 18.9 Å². The fourth-order valence-electron chi connectivity index (χ4n) is 1.33. The first-order chi connectivity index (χ1) is 8.11. The van der Waals surface area contributed by atoms with Gasteiger partial charge in [-0.2, -0.15) is 0 Å².